The molecule has 27 heavy (non-hydrogen) atoms. The third kappa shape index (κ3) is 4.12. The van der Waals surface area contributed by atoms with Gasteiger partial charge in [0.05, 0.1) is 9.79 Å². The van der Waals surface area contributed by atoms with E-state index in [-0.39, 0.29) is 26.2 Å². The van der Waals surface area contributed by atoms with Gasteiger partial charge in [0.1, 0.15) is 16.4 Å². The first-order chi connectivity index (χ1) is 12.7. The van der Waals surface area contributed by atoms with Crippen molar-refractivity contribution >= 4 is 20.0 Å². The molecular formula is C19H16O6S2. The molecule has 140 valence electrons. The van der Waals surface area contributed by atoms with E-state index in [0.29, 0.717) is 0 Å². The molecule has 0 heterocycles. The van der Waals surface area contributed by atoms with Gasteiger partial charge in [0.25, 0.3) is 0 Å². The molecule has 0 aromatic heterocycles. The zero-order valence-corrected chi connectivity index (χ0v) is 15.9. The fourth-order valence-corrected chi connectivity index (χ4v) is 4.51. The van der Waals surface area contributed by atoms with E-state index in [0.717, 1.165) is 5.56 Å². The SMILES string of the molecule is Cc1ccc(S(=O)(=O)Oc2ccc(S(=O)(=O)c3ccc(O)cc3)cc2)cc1. The van der Waals surface area contributed by atoms with Gasteiger partial charge in [-0.3, -0.25) is 0 Å². The van der Waals surface area contributed by atoms with Gasteiger partial charge in [-0.25, -0.2) is 8.42 Å². The number of phenolic OH excluding ortho intramolecular Hbond substituents is 1. The highest BCUT2D eigenvalue weighted by Gasteiger charge is 2.20. The highest BCUT2D eigenvalue weighted by atomic mass is 32.2. The largest absolute Gasteiger partial charge is 0.508 e. The average molecular weight is 404 g/mol. The third-order valence-electron chi connectivity index (χ3n) is 3.80. The lowest BCUT2D eigenvalue weighted by atomic mass is 10.2. The molecule has 0 aliphatic rings. The Morgan fingerprint density at radius 2 is 1.11 bits per heavy atom. The molecule has 1 N–H and O–H groups in total. The van der Waals surface area contributed by atoms with Gasteiger partial charge < -0.3 is 9.29 Å². The monoisotopic (exact) mass is 404 g/mol. The van der Waals surface area contributed by atoms with E-state index in [1.807, 2.05) is 6.92 Å². The fraction of sp³-hybridized carbons (Fsp3) is 0.0526. The number of benzene rings is 3. The zero-order valence-electron chi connectivity index (χ0n) is 14.2. The van der Waals surface area contributed by atoms with Gasteiger partial charge in [-0.2, -0.15) is 8.42 Å². The molecule has 0 amide bonds. The number of aromatic hydroxyl groups is 1. The van der Waals surface area contributed by atoms with Crippen molar-refractivity contribution in [3.05, 3.63) is 78.4 Å². The second kappa shape index (κ2) is 7.05. The quantitative estimate of drug-likeness (QED) is 0.655. The van der Waals surface area contributed by atoms with Gasteiger partial charge >= 0.3 is 10.1 Å². The van der Waals surface area contributed by atoms with E-state index >= 15 is 0 Å². The summed E-state index contributed by atoms with van der Waals surface area (Å²) >= 11 is 0. The summed E-state index contributed by atoms with van der Waals surface area (Å²) in [5.41, 5.74) is 0.915. The summed E-state index contributed by atoms with van der Waals surface area (Å²) in [5, 5.41) is 9.28. The molecule has 0 spiro atoms. The van der Waals surface area contributed by atoms with Crippen molar-refractivity contribution in [2.75, 3.05) is 0 Å². The van der Waals surface area contributed by atoms with Crippen LogP contribution in [0, 0.1) is 6.92 Å². The van der Waals surface area contributed by atoms with Crippen LogP contribution in [0.3, 0.4) is 0 Å². The molecule has 0 radical (unpaired) electrons. The summed E-state index contributed by atoms with van der Waals surface area (Å²) < 4.78 is 54.7. The van der Waals surface area contributed by atoms with Crippen molar-refractivity contribution in [2.45, 2.75) is 21.6 Å². The van der Waals surface area contributed by atoms with E-state index in [2.05, 4.69) is 0 Å². The lowest BCUT2D eigenvalue weighted by Gasteiger charge is -2.09. The van der Waals surface area contributed by atoms with E-state index in [1.165, 1.54) is 60.7 Å². The number of rotatable bonds is 5. The van der Waals surface area contributed by atoms with Crippen molar-refractivity contribution in [3.8, 4) is 11.5 Å². The highest BCUT2D eigenvalue weighted by Crippen LogP contribution is 2.26. The predicted octanol–water partition coefficient (Wildman–Crippen LogP) is 3.30. The number of aryl methyl sites for hydroxylation is 1. The lowest BCUT2D eigenvalue weighted by Crippen LogP contribution is -2.10. The topological polar surface area (TPSA) is 97.7 Å². The molecule has 3 rings (SSSR count). The van der Waals surface area contributed by atoms with Crippen molar-refractivity contribution < 1.29 is 26.1 Å². The molecule has 0 saturated heterocycles. The van der Waals surface area contributed by atoms with Crippen LogP contribution < -0.4 is 4.18 Å². The van der Waals surface area contributed by atoms with Crippen LogP contribution in [0.15, 0.2) is 87.5 Å². The van der Waals surface area contributed by atoms with Crippen molar-refractivity contribution in [1.82, 2.24) is 0 Å². The van der Waals surface area contributed by atoms with Crippen LogP contribution in [-0.2, 0) is 20.0 Å². The zero-order chi connectivity index (χ0) is 19.7. The summed E-state index contributed by atoms with van der Waals surface area (Å²) in [6.45, 7) is 1.84. The standard InChI is InChI=1S/C19H16O6S2/c1-14-2-8-19(9-3-14)27(23,24)25-16-6-12-18(13-7-16)26(21,22)17-10-4-15(20)5-11-17/h2-13,20H,1H3. The molecule has 6 nitrogen and oxygen atoms in total. The smallest absolute Gasteiger partial charge is 0.339 e. The maximum atomic E-state index is 12.6. The molecule has 0 atom stereocenters. The Labute approximate surface area is 157 Å². The maximum Gasteiger partial charge on any atom is 0.339 e. The summed E-state index contributed by atoms with van der Waals surface area (Å²) in [4.78, 5) is 0.00316. The van der Waals surface area contributed by atoms with Gasteiger partial charge in [0.2, 0.25) is 9.84 Å². The molecule has 0 aliphatic carbocycles. The predicted molar refractivity (Wildman–Crippen MR) is 99.0 cm³/mol. The first-order valence-electron chi connectivity index (χ1n) is 7.84. The second-order valence-electron chi connectivity index (χ2n) is 5.82. The number of hydrogen-bond donors (Lipinski definition) is 1. The van der Waals surface area contributed by atoms with Crippen LogP contribution in [0.5, 0.6) is 11.5 Å². The molecule has 0 saturated carbocycles. The van der Waals surface area contributed by atoms with Crippen LogP contribution in [0.4, 0.5) is 0 Å². The maximum absolute atomic E-state index is 12.6. The number of hydrogen-bond acceptors (Lipinski definition) is 6. The van der Waals surface area contributed by atoms with E-state index in [9.17, 15) is 21.9 Å². The van der Waals surface area contributed by atoms with Gasteiger partial charge in [0.15, 0.2) is 0 Å². The number of sulfone groups is 1. The molecule has 0 unspecified atom stereocenters. The van der Waals surface area contributed by atoms with Crippen molar-refractivity contribution in [3.63, 3.8) is 0 Å². The molecule has 3 aromatic rings. The van der Waals surface area contributed by atoms with Crippen LogP contribution in [-0.4, -0.2) is 21.9 Å². The molecular weight excluding hydrogens is 388 g/mol. The van der Waals surface area contributed by atoms with E-state index in [4.69, 9.17) is 4.18 Å². The average Bonchev–Trinajstić information content (AvgIpc) is 2.62. The summed E-state index contributed by atoms with van der Waals surface area (Å²) in [7, 11) is -7.80. The third-order valence-corrected chi connectivity index (χ3v) is 6.84. The minimum atomic E-state index is -4.01. The Bertz CT molecular complexity index is 1150. The van der Waals surface area contributed by atoms with Crippen LogP contribution in [0.2, 0.25) is 0 Å². The fourth-order valence-electron chi connectivity index (χ4n) is 2.32. The van der Waals surface area contributed by atoms with Crippen LogP contribution in [0.1, 0.15) is 5.56 Å². The second-order valence-corrected chi connectivity index (χ2v) is 9.32. The van der Waals surface area contributed by atoms with Crippen molar-refractivity contribution in [1.29, 1.82) is 0 Å². The molecule has 8 heteroatoms. The molecule has 3 aromatic carbocycles. The molecule has 0 fully saturated rings. The number of phenols is 1. The van der Waals surface area contributed by atoms with Crippen LogP contribution >= 0.6 is 0 Å². The molecule has 0 bridgehead atoms. The van der Waals surface area contributed by atoms with Crippen LogP contribution in [0.25, 0.3) is 0 Å². The van der Waals surface area contributed by atoms with Gasteiger partial charge in [-0.05, 0) is 67.6 Å². The van der Waals surface area contributed by atoms with Gasteiger partial charge in [0, 0.05) is 0 Å². The Morgan fingerprint density at radius 1 is 0.667 bits per heavy atom. The first-order valence-corrected chi connectivity index (χ1v) is 10.7. The first kappa shape index (κ1) is 18.9. The Morgan fingerprint density at radius 3 is 1.63 bits per heavy atom. The minimum Gasteiger partial charge on any atom is -0.508 e. The Balaban J connectivity index is 1.85. The van der Waals surface area contributed by atoms with Gasteiger partial charge in [-0.1, -0.05) is 17.7 Å². The van der Waals surface area contributed by atoms with E-state index < -0.39 is 20.0 Å². The molecule has 0 aliphatic heterocycles. The summed E-state index contributed by atoms with van der Waals surface area (Å²) in [5.74, 6) is -0.0424. The normalized spacial score (nSPS) is 11.9. The summed E-state index contributed by atoms with van der Waals surface area (Å²) in [6.07, 6.45) is 0. The summed E-state index contributed by atoms with van der Waals surface area (Å²) in [6, 6.07) is 16.4. The Hall–Kier alpha value is -2.84. The van der Waals surface area contributed by atoms with E-state index in [1.54, 1.807) is 12.1 Å². The van der Waals surface area contributed by atoms with Crippen molar-refractivity contribution in [2.24, 2.45) is 0 Å². The minimum absolute atomic E-state index is 0.000214. The van der Waals surface area contributed by atoms with Gasteiger partial charge in [-0.15, -0.1) is 0 Å². The highest BCUT2D eigenvalue weighted by molar-refractivity contribution is 7.91. The lowest BCUT2D eigenvalue weighted by molar-refractivity contribution is 0.474. The Kier molecular flexibility index (Phi) is 4.95.